The van der Waals surface area contributed by atoms with E-state index in [1.54, 1.807) is 6.07 Å². The minimum Gasteiger partial charge on any atom is -0.507 e. The second-order valence-corrected chi connectivity index (χ2v) is 16.0. The molecule has 0 saturated heterocycles. The molecule has 0 aliphatic heterocycles. The maximum atomic E-state index is 11.1. The van der Waals surface area contributed by atoms with Gasteiger partial charge in [0, 0.05) is 55.9 Å². The quantitative estimate of drug-likeness (QED) is 0.168. The summed E-state index contributed by atoms with van der Waals surface area (Å²) in [6, 6.07) is 40.6. The molecule has 0 amide bonds. The second-order valence-electron chi connectivity index (χ2n) is 16.0. The Hall–Kier alpha value is -5.58. The number of fused-ring (bicyclic) bond motifs is 2. The number of pyridine rings is 2. The summed E-state index contributed by atoms with van der Waals surface area (Å²) in [6.07, 6.45) is 5.56. The molecule has 55 heavy (non-hydrogen) atoms. The molecule has 5 aromatic carbocycles. The first-order chi connectivity index (χ1) is 25.8. The van der Waals surface area contributed by atoms with Gasteiger partial charge in [-0.15, -0.1) is 6.07 Å². The van der Waals surface area contributed by atoms with Gasteiger partial charge in [0.1, 0.15) is 11.3 Å². The van der Waals surface area contributed by atoms with Crippen LogP contribution in [0.25, 0.3) is 55.7 Å². The van der Waals surface area contributed by atoms with Crippen LogP contribution in [0.15, 0.2) is 132 Å². The number of anilines is 3. The van der Waals surface area contributed by atoms with E-state index in [1.165, 1.54) is 11.1 Å². The van der Waals surface area contributed by atoms with E-state index in [9.17, 15) is 5.11 Å². The third-order valence-corrected chi connectivity index (χ3v) is 10.0. The molecule has 0 fully saturated rings. The number of aryl methyl sites for hydroxylation is 1. The van der Waals surface area contributed by atoms with Crippen molar-refractivity contribution in [3.8, 4) is 39.5 Å². The van der Waals surface area contributed by atoms with Crippen LogP contribution in [0.3, 0.4) is 0 Å². The Bertz CT molecular complexity index is 2620. The van der Waals surface area contributed by atoms with Gasteiger partial charge in [-0.3, -0.25) is 4.98 Å². The Morgan fingerprint density at radius 3 is 1.85 bits per heavy atom. The smallest absolute Gasteiger partial charge is 0.230 e. The molecule has 0 unspecified atom stereocenters. The average Bonchev–Trinajstić information content (AvgIpc) is 3.59. The largest absolute Gasteiger partial charge is 0.507 e. The van der Waals surface area contributed by atoms with Crippen molar-refractivity contribution in [3.05, 3.63) is 151 Å². The van der Waals surface area contributed by atoms with Crippen molar-refractivity contribution in [1.82, 2.24) is 15.0 Å². The van der Waals surface area contributed by atoms with Gasteiger partial charge in [0.25, 0.3) is 0 Å². The summed E-state index contributed by atoms with van der Waals surface area (Å²) in [5.41, 5.74) is 12.1. The zero-order chi connectivity index (χ0) is 37.8. The van der Waals surface area contributed by atoms with E-state index in [0.717, 1.165) is 55.8 Å². The van der Waals surface area contributed by atoms with Crippen molar-refractivity contribution in [2.45, 2.75) is 59.3 Å². The zero-order valence-corrected chi connectivity index (χ0v) is 34.4. The molecular formula is C48H43N4O2Pt-. The summed E-state index contributed by atoms with van der Waals surface area (Å²) in [5.74, 6) is 0.445. The van der Waals surface area contributed by atoms with Crippen molar-refractivity contribution in [2.24, 2.45) is 0 Å². The van der Waals surface area contributed by atoms with E-state index in [4.69, 9.17) is 19.4 Å². The monoisotopic (exact) mass is 902 g/mol. The van der Waals surface area contributed by atoms with Gasteiger partial charge in [-0.1, -0.05) is 119 Å². The molecule has 1 N–H and O–H groups in total. The van der Waals surface area contributed by atoms with Crippen molar-refractivity contribution >= 4 is 39.1 Å². The summed E-state index contributed by atoms with van der Waals surface area (Å²) in [4.78, 5) is 17.0. The molecule has 6 nitrogen and oxygen atoms in total. The fourth-order valence-electron chi connectivity index (χ4n) is 6.94. The summed E-state index contributed by atoms with van der Waals surface area (Å²) >= 11 is 0. The van der Waals surface area contributed by atoms with Crippen LogP contribution in [0.1, 0.15) is 58.2 Å². The number of rotatable bonds is 6. The molecule has 8 aromatic rings. The van der Waals surface area contributed by atoms with Gasteiger partial charge in [0.15, 0.2) is 0 Å². The maximum Gasteiger partial charge on any atom is 0.230 e. The molecule has 3 heterocycles. The molecule has 0 radical (unpaired) electrons. The molecule has 0 saturated carbocycles. The number of aromatic nitrogens is 3. The third-order valence-electron chi connectivity index (χ3n) is 10.0. The fraction of sp³-hybridized carbons (Fsp3) is 0.188. The van der Waals surface area contributed by atoms with Crippen LogP contribution in [0, 0.1) is 13.0 Å². The number of para-hydroxylation sites is 2. The van der Waals surface area contributed by atoms with Crippen LogP contribution in [-0.2, 0) is 31.9 Å². The Labute approximate surface area is 337 Å². The fourth-order valence-corrected chi connectivity index (χ4v) is 6.94. The van der Waals surface area contributed by atoms with Gasteiger partial charge in [-0.2, -0.15) is 0 Å². The van der Waals surface area contributed by atoms with Gasteiger partial charge in [-0.05, 0) is 100 Å². The minimum absolute atomic E-state index is 0. The number of hydrogen-bond acceptors (Lipinski definition) is 6. The summed E-state index contributed by atoms with van der Waals surface area (Å²) < 4.78 is 6.62. The molecule has 0 aliphatic rings. The summed E-state index contributed by atoms with van der Waals surface area (Å²) in [7, 11) is 0. The molecule has 0 aliphatic carbocycles. The molecule has 7 heteroatoms. The van der Waals surface area contributed by atoms with Gasteiger partial charge in [0.2, 0.25) is 5.89 Å². The first-order valence-electron chi connectivity index (χ1n) is 18.3. The van der Waals surface area contributed by atoms with E-state index in [1.807, 2.05) is 73.2 Å². The van der Waals surface area contributed by atoms with E-state index in [0.29, 0.717) is 22.6 Å². The normalized spacial score (nSPS) is 11.8. The maximum absolute atomic E-state index is 11.1. The van der Waals surface area contributed by atoms with Crippen LogP contribution >= 0.6 is 0 Å². The molecule has 0 spiro atoms. The van der Waals surface area contributed by atoms with Gasteiger partial charge >= 0.3 is 0 Å². The molecule has 0 bridgehead atoms. The van der Waals surface area contributed by atoms with Crippen molar-refractivity contribution in [1.29, 1.82) is 0 Å². The van der Waals surface area contributed by atoms with Gasteiger partial charge in [0.05, 0.1) is 11.1 Å². The SMILES string of the molecule is Cc1ccnc2c(-c3[c-]c(-c4cc(N(c5ccccc5)c5ccccc5)cc5oc(-c6cc(C(C)(C)C)ccc6O)nc45)cnc3)cc(C(C)(C)C)cc12.[Pt]. The van der Waals surface area contributed by atoms with E-state index in [2.05, 4.69) is 108 Å². The zero-order valence-electron chi connectivity index (χ0n) is 32.1. The Kier molecular flexibility index (Phi) is 10.00. The molecule has 8 rings (SSSR count). The summed E-state index contributed by atoms with van der Waals surface area (Å²) in [6.45, 7) is 15.3. The summed E-state index contributed by atoms with van der Waals surface area (Å²) in [5, 5.41) is 12.2. The van der Waals surface area contributed by atoms with Crippen LogP contribution in [0.2, 0.25) is 0 Å². The molecule has 3 aromatic heterocycles. The first kappa shape index (κ1) is 37.7. The molecule has 278 valence electrons. The van der Waals surface area contributed by atoms with Crippen molar-refractivity contribution < 1.29 is 30.6 Å². The first-order valence-corrected chi connectivity index (χ1v) is 18.3. The number of nitrogens with zero attached hydrogens (tertiary/aromatic N) is 4. The van der Waals surface area contributed by atoms with Crippen molar-refractivity contribution in [2.75, 3.05) is 4.90 Å². The number of phenols is 1. The van der Waals surface area contributed by atoms with E-state index in [-0.39, 0.29) is 37.6 Å². The molecule has 0 atom stereocenters. The number of benzene rings is 5. The number of oxazole rings is 1. The van der Waals surface area contributed by atoms with E-state index < -0.39 is 0 Å². The average molecular weight is 903 g/mol. The van der Waals surface area contributed by atoms with Gasteiger partial charge in [-0.25, -0.2) is 4.98 Å². The predicted octanol–water partition coefficient (Wildman–Crippen LogP) is 12.6. The second kappa shape index (κ2) is 14.6. The predicted molar refractivity (Wildman–Crippen MR) is 221 cm³/mol. The van der Waals surface area contributed by atoms with Crippen LogP contribution < -0.4 is 4.90 Å². The minimum atomic E-state index is -0.137. The number of aromatic hydroxyl groups is 1. The number of hydrogen-bond donors (Lipinski definition) is 1. The Balaban J connectivity index is 0.00000465. The van der Waals surface area contributed by atoms with Crippen LogP contribution in [0.5, 0.6) is 5.75 Å². The van der Waals surface area contributed by atoms with Crippen molar-refractivity contribution in [3.63, 3.8) is 0 Å². The Morgan fingerprint density at radius 1 is 0.636 bits per heavy atom. The van der Waals surface area contributed by atoms with Crippen LogP contribution in [0.4, 0.5) is 17.1 Å². The molecular weight excluding hydrogens is 860 g/mol. The third kappa shape index (κ3) is 7.32. The van der Waals surface area contributed by atoms with Gasteiger partial charge < -0.3 is 19.4 Å². The number of phenolic OH excluding ortho intramolecular Hbond substituents is 1. The van der Waals surface area contributed by atoms with E-state index >= 15 is 0 Å². The van der Waals surface area contributed by atoms with Crippen LogP contribution in [-0.4, -0.2) is 20.1 Å². The topological polar surface area (TPSA) is 75.3 Å². The Morgan fingerprint density at radius 2 is 1.24 bits per heavy atom. The standard InChI is InChI=1S/C48H43N4O2.Pt/c1-30-20-21-50-44-38(30)24-34(48(5,6)7)25-39(44)31-22-32(29-49-28-31)40-26-37(52(35-14-10-8-11-15-35)36-16-12-9-13-17-36)27-43-45(40)51-46(54-43)41-23-33(47(2,3)4)18-19-42(41)53;/h8-21,23-29,53H,1-7H3;/q-1;.